The van der Waals surface area contributed by atoms with Crippen molar-refractivity contribution in [3.63, 3.8) is 0 Å². The van der Waals surface area contributed by atoms with Gasteiger partial charge < -0.3 is 10.0 Å². The Bertz CT molecular complexity index is 401. The molecule has 86 valence electrons. The minimum atomic E-state index is 0.201. The molecule has 0 atom stereocenters. The number of benzene rings is 1. The standard InChI is InChI=1S/C13H17NO2/c1-10-5-4-6-11(13(10)16)9-14-8-3-2-7-12(14)15/h4-6,16H,2-3,7-9H2,1H3. The van der Waals surface area contributed by atoms with Crippen molar-refractivity contribution < 1.29 is 9.90 Å². The molecule has 0 spiro atoms. The molecule has 1 aliphatic heterocycles. The van der Waals surface area contributed by atoms with E-state index in [2.05, 4.69) is 0 Å². The lowest BCUT2D eigenvalue weighted by Crippen LogP contribution is -2.34. The minimum Gasteiger partial charge on any atom is -0.507 e. The van der Waals surface area contributed by atoms with Crippen molar-refractivity contribution in [2.24, 2.45) is 0 Å². The number of phenols is 1. The molecule has 3 nitrogen and oxygen atoms in total. The Morgan fingerprint density at radius 1 is 1.38 bits per heavy atom. The van der Waals surface area contributed by atoms with Gasteiger partial charge in [0.1, 0.15) is 5.75 Å². The zero-order valence-corrected chi connectivity index (χ0v) is 9.57. The molecule has 0 aliphatic carbocycles. The minimum absolute atomic E-state index is 0.201. The molecule has 0 saturated carbocycles. The number of likely N-dealkylation sites (tertiary alicyclic amines) is 1. The molecule has 2 rings (SSSR count). The molecule has 1 amide bonds. The van der Waals surface area contributed by atoms with E-state index in [0.29, 0.717) is 18.7 Å². The van der Waals surface area contributed by atoms with Crippen molar-refractivity contribution >= 4 is 5.91 Å². The average Bonchev–Trinajstić information content (AvgIpc) is 2.28. The van der Waals surface area contributed by atoms with Crippen LogP contribution in [-0.4, -0.2) is 22.5 Å². The van der Waals surface area contributed by atoms with Gasteiger partial charge in [0.2, 0.25) is 5.91 Å². The fraction of sp³-hybridized carbons (Fsp3) is 0.462. The molecule has 0 bridgehead atoms. The highest BCUT2D eigenvalue weighted by atomic mass is 16.3. The highest BCUT2D eigenvalue weighted by molar-refractivity contribution is 5.76. The highest BCUT2D eigenvalue weighted by Crippen LogP contribution is 2.24. The third kappa shape index (κ3) is 2.18. The molecule has 1 aromatic rings. The van der Waals surface area contributed by atoms with Gasteiger partial charge in [0.25, 0.3) is 0 Å². The predicted molar refractivity (Wildman–Crippen MR) is 62.1 cm³/mol. The summed E-state index contributed by atoms with van der Waals surface area (Å²) in [6.45, 7) is 3.22. The van der Waals surface area contributed by atoms with E-state index in [1.807, 2.05) is 30.0 Å². The predicted octanol–water partition coefficient (Wildman–Crippen LogP) is 2.21. The van der Waals surface area contributed by atoms with Gasteiger partial charge in [0.05, 0.1) is 0 Å². The summed E-state index contributed by atoms with van der Waals surface area (Å²) in [6.07, 6.45) is 2.71. The topological polar surface area (TPSA) is 40.5 Å². The Hall–Kier alpha value is -1.51. The van der Waals surface area contributed by atoms with E-state index < -0.39 is 0 Å². The van der Waals surface area contributed by atoms with E-state index in [0.717, 1.165) is 30.5 Å². The number of carbonyl (C=O) groups is 1. The number of rotatable bonds is 2. The lowest BCUT2D eigenvalue weighted by Gasteiger charge is -2.27. The van der Waals surface area contributed by atoms with Crippen LogP contribution in [0.4, 0.5) is 0 Å². The molecule has 1 aliphatic rings. The monoisotopic (exact) mass is 219 g/mol. The third-order valence-corrected chi connectivity index (χ3v) is 3.10. The Balaban J connectivity index is 2.14. The maximum absolute atomic E-state index is 11.6. The second kappa shape index (κ2) is 4.56. The van der Waals surface area contributed by atoms with E-state index in [1.165, 1.54) is 0 Å². The van der Waals surface area contributed by atoms with Crippen LogP contribution in [0.5, 0.6) is 5.75 Å². The van der Waals surface area contributed by atoms with E-state index in [1.54, 1.807) is 0 Å². The highest BCUT2D eigenvalue weighted by Gasteiger charge is 2.19. The van der Waals surface area contributed by atoms with E-state index in [4.69, 9.17) is 0 Å². The van der Waals surface area contributed by atoms with Gasteiger partial charge in [-0.15, -0.1) is 0 Å². The van der Waals surface area contributed by atoms with Crippen molar-refractivity contribution in [1.82, 2.24) is 4.90 Å². The van der Waals surface area contributed by atoms with Crippen molar-refractivity contribution in [2.45, 2.75) is 32.7 Å². The number of phenolic OH excluding ortho intramolecular Hbond substituents is 1. The van der Waals surface area contributed by atoms with Gasteiger partial charge in [0.15, 0.2) is 0 Å². The summed E-state index contributed by atoms with van der Waals surface area (Å²) in [5, 5.41) is 9.88. The Morgan fingerprint density at radius 3 is 2.94 bits per heavy atom. The molecule has 1 N–H and O–H groups in total. The molecule has 1 heterocycles. The zero-order chi connectivity index (χ0) is 11.5. The number of nitrogens with zero attached hydrogens (tertiary/aromatic N) is 1. The van der Waals surface area contributed by atoms with Crippen LogP contribution in [0.3, 0.4) is 0 Å². The number of hydrogen-bond donors (Lipinski definition) is 1. The summed E-state index contributed by atoms with van der Waals surface area (Å²) >= 11 is 0. The van der Waals surface area contributed by atoms with Crippen LogP contribution in [0, 0.1) is 6.92 Å². The summed E-state index contributed by atoms with van der Waals surface area (Å²) in [4.78, 5) is 13.5. The molecule has 0 unspecified atom stereocenters. The lowest BCUT2D eigenvalue weighted by atomic mass is 10.1. The van der Waals surface area contributed by atoms with Gasteiger partial charge >= 0.3 is 0 Å². The van der Waals surface area contributed by atoms with Gasteiger partial charge in [-0.2, -0.15) is 0 Å². The number of amides is 1. The van der Waals surface area contributed by atoms with E-state index >= 15 is 0 Å². The van der Waals surface area contributed by atoms with Crippen LogP contribution in [-0.2, 0) is 11.3 Å². The number of aromatic hydroxyl groups is 1. The number of aryl methyl sites for hydroxylation is 1. The smallest absolute Gasteiger partial charge is 0.222 e. The largest absolute Gasteiger partial charge is 0.507 e. The molecular weight excluding hydrogens is 202 g/mol. The maximum Gasteiger partial charge on any atom is 0.222 e. The average molecular weight is 219 g/mol. The van der Waals surface area contributed by atoms with Crippen molar-refractivity contribution in [2.75, 3.05) is 6.54 Å². The first-order valence-electron chi connectivity index (χ1n) is 5.73. The quantitative estimate of drug-likeness (QED) is 0.828. The van der Waals surface area contributed by atoms with Crippen molar-refractivity contribution in [1.29, 1.82) is 0 Å². The molecule has 1 saturated heterocycles. The first-order valence-corrected chi connectivity index (χ1v) is 5.73. The molecule has 16 heavy (non-hydrogen) atoms. The third-order valence-electron chi connectivity index (χ3n) is 3.10. The maximum atomic E-state index is 11.6. The fourth-order valence-electron chi connectivity index (χ4n) is 2.08. The van der Waals surface area contributed by atoms with Crippen molar-refractivity contribution in [3.8, 4) is 5.75 Å². The molecule has 3 heteroatoms. The van der Waals surface area contributed by atoms with Gasteiger partial charge in [-0.05, 0) is 25.3 Å². The van der Waals surface area contributed by atoms with Gasteiger partial charge in [-0.25, -0.2) is 0 Å². The normalized spacial score (nSPS) is 16.6. The number of hydrogen-bond acceptors (Lipinski definition) is 2. The van der Waals surface area contributed by atoms with Gasteiger partial charge in [-0.3, -0.25) is 4.79 Å². The number of para-hydroxylation sites is 1. The second-order valence-electron chi connectivity index (χ2n) is 4.36. The Morgan fingerprint density at radius 2 is 2.19 bits per heavy atom. The molecule has 0 radical (unpaired) electrons. The molecule has 0 aromatic heterocycles. The lowest BCUT2D eigenvalue weighted by molar-refractivity contribution is -0.133. The zero-order valence-electron chi connectivity index (χ0n) is 9.57. The number of piperidine rings is 1. The molecule has 1 aromatic carbocycles. The summed E-state index contributed by atoms with van der Waals surface area (Å²) in [5.41, 5.74) is 1.71. The van der Waals surface area contributed by atoms with Crippen LogP contribution in [0.25, 0.3) is 0 Å². The Kier molecular flexibility index (Phi) is 3.13. The fourth-order valence-corrected chi connectivity index (χ4v) is 2.08. The second-order valence-corrected chi connectivity index (χ2v) is 4.36. The molecular formula is C13H17NO2. The van der Waals surface area contributed by atoms with Gasteiger partial charge in [-0.1, -0.05) is 18.2 Å². The first-order chi connectivity index (χ1) is 7.68. The van der Waals surface area contributed by atoms with E-state index in [-0.39, 0.29) is 5.91 Å². The van der Waals surface area contributed by atoms with Crippen LogP contribution >= 0.6 is 0 Å². The Labute approximate surface area is 95.7 Å². The van der Waals surface area contributed by atoms with Crippen LogP contribution in [0.2, 0.25) is 0 Å². The summed E-state index contributed by atoms with van der Waals surface area (Å²) in [5.74, 6) is 0.521. The van der Waals surface area contributed by atoms with E-state index in [9.17, 15) is 9.90 Å². The molecule has 1 fully saturated rings. The van der Waals surface area contributed by atoms with Crippen molar-refractivity contribution in [3.05, 3.63) is 29.3 Å². The van der Waals surface area contributed by atoms with Crippen LogP contribution in [0.1, 0.15) is 30.4 Å². The van der Waals surface area contributed by atoms with Crippen LogP contribution in [0.15, 0.2) is 18.2 Å². The van der Waals surface area contributed by atoms with Gasteiger partial charge in [0, 0.05) is 25.1 Å². The number of carbonyl (C=O) groups excluding carboxylic acids is 1. The van der Waals surface area contributed by atoms with Crippen LogP contribution < -0.4 is 0 Å². The SMILES string of the molecule is Cc1cccc(CN2CCCCC2=O)c1O. The first kappa shape index (κ1) is 11.0. The summed E-state index contributed by atoms with van der Waals surface area (Å²) in [6, 6.07) is 5.67. The summed E-state index contributed by atoms with van der Waals surface area (Å²) in [7, 11) is 0. The summed E-state index contributed by atoms with van der Waals surface area (Å²) < 4.78 is 0.